The number of hydrogen-bond donors (Lipinski definition) is 4. The van der Waals surface area contributed by atoms with E-state index < -0.39 is 59.8 Å². The summed E-state index contributed by atoms with van der Waals surface area (Å²) in [7, 11) is 0. The van der Waals surface area contributed by atoms with Gasteiger partial charge in [-0.25, -0.2) is 10.0 Å². The number of carboxylic acid groups (broad SMARTS) is 2. The number of benzene rings is 2. The maximum absolute atomic E-state index is 13.6. The van der Waals surface area contributed by atoms with Gasteiger partial charge in [-0.1, -0.05) is 59.7 Å². The molecule has 2 heterocycles. The third kappa shape index (κ3) is 4.65. The summed E-state index contributed by atoms with van der Waals surface area (Å²) in [6, 6.07) is 10.0. The van der Waals surface area contributed by atoms with E-state index in [-0.39, 0.29) is 13.1 Å². The van der Waals surface area contributed by atoms with Crippen molar-refractivity contribution in [2.24, 2.45) is 11.8 Å². The quantitative estimate of drug-likeness (QED) is 0.413. The standard InChI is InChI=1S/C28H34N4O6/c1-5-29-25(33)23-19(27(35)36)21(17-11-7-15(3)8-12-17)32-24(26(34)30-6-2)20(28(37)38)22(31(23)32)18-13-9-16(4)10-14-18/h7-14,19-24H,5-6H2,1-4H3,(H,29,33)(H,30,34)(H,35,36)(H,37,38)/t19-,20-,21+,22+,23+,24+/m1/s1. The van der Waals surface area contributed by atoms with Gasteiger partial charge in [0.2, 0.25) is 11.8 Å². The average molecular weight is 523 g/mol. The number of hydrazine groups is 1. The minimum Gasteiger partial charge on any atom is -0.481 e. The van der Waals surface area contributed by atoms with Gasteiger partial charge >= 0.3 is 11.9 Å². The average Bonchev–Trinajstić information content (AvgIpc) is 3.38. The maximum atomic E-state index is 13.6. The highest BCUT2D eigenvalue weighted by Gasteiger charge is 2.67. The van der Waals surface area contributed by atoms with Gasteiger partial charge in [-0.2, -0.15) is 0 Å². The molecule has 202 valence electrons. The zero-order chi connectivity index (χ0) is 27.7. The normalized spacial score (nSPS) is 27.1. The second-order valence-corrected chi connectivity index (χ2v) is 9.88. The van der Waals surface area contributed by atoms with Crippen LogP contribution in [0.5, 0.6) is 0 Å². The number of nitrogens with zero attached hydrogens (tertiary/aromatic N) is 2. The van der Waals surface area contributed by atoms with E-state index in [0.717, 1.165) is 11.1 Å². The molecule has 2 amide bonds. The topological polar surface area (TPSA) is 139 Å². The molecule has 10 heteroatoms. The van der Waals surface area contributed by atoms with Gasteiger partial charge in [-0.3, -0.25) is 19.2 Å². The first kappa shape index (κ1) is 27.3. The number of amides is 2. The number of nitrogens with one attached hydrogen (secondary N) is 2. The first-order chi connectivity index (χ1) is 18.1. The SMILES string of the molecule is CCNC(=O)[C@@H]1[C@H](C(=O)O)[C@H](c2ccc(C)cc2)N2[C@H](C(=O)NCC)[C@H](C(=O)O)[C@H](c3ccc(C)cc3)N12. The molecule has 38 heavy (non-hydrogen) atoms. The fourth-order valence-electron chi connectivity index (χ4n) is 5.84. The molecule has 2 aliphatic heterocycles. The lowest BCUT2D eigenvalue weighted by atomic mass is 9.81. The molecule has 6 atom stereocenters. The molecule has 2 aliphatic rings. The molecule has 4 rings (SSSR count). The monoisotopic (exact) mass is 522 g/mol. The Labute approximate surface area is 221 Å². The summed E-state index contributed by atoms with van der Waals surface area (Å²) in [5, 5.41) is 29.6. The molecule has 0 radical (unpaired) electrons. The summed E-state index contributed by atoms with van der Waals surface area (Å²) in [6.07, 6.45) is 0. The molecule has 0 saturated carbocycles. The van der Waals surface area contributed by atoms with Crippen LogP contribution in [0.15, 0.2) is 48.5 Å². The Balaban J connectivity index is 2.02. The third-order valence-corrected chi connectivity index (χ3v) is 7.41. The van der Waals surface area contributed by atoms with Crippen molar-refractivity contribution in [1.82, 2.24) is 20.7 Å². The van der Waals surface area contributed by atoms with E-state index in [9.17, 15) is 29.4 Å². The molecular weight excluding hydrogens is 488 g/mol. The zero-order valence-corrected chi connectivity index (χ0v) is 21.9. The number of hydrogen-bond acceptors (Lipinski definition) is 6. The predicted molar refractivity (Wildman–Crippen MR) is 139 cm³/mol. The molecule has 10 nitrogen and oxygen atoms in total. The smallest absolute Gasteiger partial charge is 0.310 e. The summed E-state index contributed by atoms with van der Waals surface area (Å²) in [6.45, 7) is 7.80. The molecule has 0 aromatic heterocycles. The maximum Gasteiger partial charge on any atom is 0.310 e. The highest BCUT2D eigenvalue weighted by Crippen LogP contribution is 2.55. The van der Waals surface area contributed by atoms with Crippen LogP contribution in [0.3, 0.4) is 0 Å². The van der Waals surface area contributed by atoms with E-state index in [1.54, 1.807) is 48.1 Å². The van der Waals surface area contributed by atoms with Crippen molar-refractivity contribution in [1.29, 1.82) is 0 Å². The van der Waals surface area contributed by atoms with E-state index in [2.05, 4.69) is 10.6 Å². The Bertz CT molecular complexity index is 1120. The molecule has 2 aromatic carbocycles. The third-order valence-electron chi connectivity index (χ3n) is 7.41. The minimum absolute atomic E-state index is 0.266. The number of aliphatic carboxylic acids is 2. The van der Waals surface area contributed by atoms with Crippen molar-refractivity contribution in [3.05, 3.63) is 70.8 Å². The van der Waals surface area contributed by atoms with Gasteiger partial charge in [0, 0.05) is 13.1 Å². The molecule has 2 aromatic rings. The Hall–Kier alpha value is -3.76. The second-order valence-electron chi connectivity index (χ2n) is 9.88. The van der Waals surface area contributed by atoms with Gasteiger partial charge in [0.15, 0.2) is 0 Å². The first-order valence-electron chi connectivity index (χ1n) is 12.8. The molecule has 2 saturated heterocycles. The van der Waals surface area contributed by atoms with Gasteiger partial charge in [0.25, 0.3) is 0 Å². The predicted octanol–water partition coefficient (Wildman–Crippen LogP) is 2.04. The van der Waals surface area contributed by atoms with E-state index in [1.807, 2.05) is 38.1 Å². The van der Waals surface area contributed by atoms with Gasteiger partial charge in [0.1, 0.15) is 23.9 Å². The van der Waals surface area contributed by atoms with Crippen molar-refractivity contribution in [3.63, 3.8) is 0 Å². The van der Waals surface area contributed by atoms with Crippen LogP contribution in [-0.4, -0.2) is 69.2 Å². The molecule has 0 unspecified atom stereocenters. The number of carbonyl (C=O) groups is 4. The van der Waals surface area contributed by atoms with Crippen LogP contribution in [0.1, 0.15) is 48.2 Å². The van der Waals surface area contributed by atoms with Crippen LogP contribution in [0, 0.1) is 25.7 Å². The van der Waals surface area contributed by atoms with Crippen molar-refractivity contribution in [2.45, 2.75) is 51.9 Å². The molecule has 0 bridgehead atoms. The van der Waals surface area contributed by atoms with Gasteiger partial charge in [-0.05, 0) is 38.8 Å². The summed E-state index contributed by atoms with van der Waals surface area (Å²) in [5.74, 6) is -5.99. The minimum atomic E-state index is -1.26. The molecule has 0 aliphatic carbocycles. The summed E-state index contributed by atoms with van der Waals surface area (Å²) in [4.78, 5) is 52.8. The van der Waals surface area contributed by atoms with E-state index in [4.69, 9.17) is 0 Å². The number of carbonyl (C=O) groups excluding carboxylic acids is 2. The first-order valence-corrected chi connectivity index (χ1v) is 12.8. The van der Waals surface area contributed by atoms with Gasteiger partial charge in [-0.15, -0.1) is 0 Å². The second kappa shape index (κ2) is 10.9. The lowest BCUT2D eigenvalue weighted by molar-refractivity contribution is -0.148. The van der Waals surface area contributed by atoms with Crippen molar-refractivity contribution < 1.29 is 29.4 Å². The molecular formula is C28H34N4O6. The summed E-state index contributed by atoms with van der Waals surface area (Å²) < 4.78 is 0. The Morgan fingerprint density at radius 2 is 0.974 bits per heavy atom. The van der Waals surface area contributed by atoms with Crippen LogP contribution in [0.4, 0.5) is 0 Å². The fraction of sp³-hybridized carbons (Fsp3) is 0.429. The lowest BCUT2D eigenvalue weighted by Crippen LogP contribution is -2.51. The highest BCUT2D eigenvalue weighted by atomic mass is 16.4. The van der Waals surface area contributed by atoms with E-state index in [1.165, 1.54) is 0 Å². The Morgan fingerprint density at radius 3 is 1.24 bits per heavy atom. The molecule has 0 spiro atoms. The molecule has 4 N–H and O–H groups in total. The number of fused-ring (bicyclic) bond motifs is 1. The van der Waals surface area contributed by atoms with Gasteiger partial charge < -0.3 is 20.8 Å². The fourth-order valence-corrected chi connectivity index (χ4v) is 5.84. The van der Waals surface area contributed by atoms with Crippen LogP contribution in [0.2, 0.25) is 0 Å². The van der Waals surface area contributed by atoms with E-state index in [0.29, 0.717) is 11.1 Å². The zero-order valence-electron chi connectivity index (χ0n) is 21.9. The number of likely N-dealkylation sites (N-methyl/N-ethyl adjacent to an activating group) is 2. The van der Waals surface area contributed by atoms with Crippen molar-refractivity contribution in [3.8, 4) is 0 Å². The highest BCUT2D eigenvalue weighted by molar-refractivity contribution is 5.92. The van der Waals surface area contributed by atoms with Crippen LogP contribution >= 0.6 is 0 Å². The Morgan fingerprint density at radius 1 is 0.658 bits per heavy atom. The van der Waals surface area contributed by atoms with Gasteiger partial charge in [0.05, 0.1) is 12.1 Å². The molecule has 2 fully saturated rings. The van der Waals surface area contributed by atoms with Crippen LogP contribution < -0.4 is 10.6 Å². The Kier molecular flexibility index (Phi) is 7.84. The number of aryl methyl sites for hydroxylation is 2. The van der Waals surface area contributed by atoms with Crippen molar-refractivity contribution in [2.75, 3.05) is 13.1 Å². The largest absolute Gasteiger partial charge is 0.481 e. The summed E-state index contributed by atoms with van der Waals surface area (Å²) in [5.41, 5.74) is 3.09. The lowest BCUT2D eigenvalue weighted by Gasteiger charge is -2.33. The van der Waals surface area contributed by atoms with E-state index >= 15 is 0 Å². The number of rotatable bonds is 8. The summed E-state index contributed by atoms with van der Waals surface area (Å²) >= 11 is 0. The number of carboxylic acids is 2. The van der Waals surface area contributed by atoms with Crippen LogP contribution in [-0.2, 0) is 19.2 Å². The van der Waals surface area contributed by atoms with Crippen LogP contribution in [0.25, 0.3) is 0 Å². The van der Waals surface area contributed by atoms with Crippen molar-refractivity contribution >= 4 is 23.8 Å².